The third-order valence-corrected chi connectivity index (χ3v) is 4.71. The average Bonchev–Trinajstić information content (AvgIpc) is 2.53. The van der Waals surface area contributed by atoms with Gasteiger partial charge in [0.25, 0.3) is 5.91 Å². The third kappa shape index (κ3) is 3.26. The fraction of sp³-hybridized carbons (Fsp3) is 0.125. The van der Waals surface area contributed by atoms with Crippen LogP contribution < -0.4 is 10.6 Å². The molecule has 1 aliphatic rings. The van der Waals surface area contributed by atoms with Crippen molar-refractivity contribution in [1.29, 1.82) is 0 Å². The van der Waals surface area contributed by atoms with E-state index in [1.807, 2.05) is 24.3 Å². The van der Waals surface area contributed by atoms with Crippen LogP contribution in [0, 0.1) is 0 Å². The van der Waals surface area contributed by atoms with Gasteiger partial charge in [0.1, 0.15) is 0 Å². The van der Waals surface area contributed by atoms with E-state index in [0.717, 1.165) is 10.5 Å². The van der Waals surface area contributed by atoms with E-state index >= 15 is 0 Å². The molecule has 0 bridgehead atoms. The third-order valence-electron chi connectivity index (χ3n) is 3.27. The molecule has 1 aliphatic heterocycles. The second kappa shape index (κ2) is 6.42. The van der Waals surface area contributed by atoms with Gasteiger partial charge in [-0.1, -0.05) is 29.8 Å². The predicted molar refractivity (Wildman–Crippen MR) is 88.4 cm³/mol. The van der Waals surface area contributed by atoms with E-state index < -0.39 is 0 Å². The Morgan fingerprint density at radius 3 is 2.91 bits per heavy atom. The van der Waals surface area contributed by atoms with Crippen molar-refractivity contribution in [2.75, 3.05) is 11.1 Å². The summed E-state index contributed by atoms with van der Waals surface area (Å²) in [5.41, 5.74) is 2.06. The number of fused-ring (bicyclic) bond motifs is 1. The summed E-state index contributed by atoms with van der Waals surface area (Å²) in [5, 5.41) is 6.23. The zero-order chi connectivity index (χ0) is 15.5. The molecule has 0 saturated heterocycles. The van der Waals surface area contributed by atoms with Crippen molar-refractivity contribution in [2.24, 2.45) is 0 Å². The van der Waals surface area contributed by atoms with Crippen molar-refractivity contribution in [3.63, 3.8) is 0 Å². The molecule has 0 atom stereocenters. The van der Waals surface area contributed by atoms with Crippen LogP contribution in [0.5, 0.6) is 0 Å². The summed E-state index contributed by atoms with van der Waals surface area (Å²) in [4.78, 5) is 24.6. The molecular weight excluding hydrogens is 320 g/mol. The molecule has 2 aromatic carbocycles. The first kappa shape index (κ1) is 14.9. The van der Waals surface area contributed by atoms with Crippen LogP contribution in [0.2, 0.25) is 5.02 Å². The van der Waals surface area contributed by atoms with E-state index in [4.69, 9.17) is 11.6 Å². The Morgan fingerprint density at radius 2 is 2.09 bits per heavy atom. The molecule has 0 unspecified atom stereocenters. The monoisotopic (exact) mass is 332 g/mol. The number of anilines is 1. The van der Waals surface area contributed by atoms with Gasteiger partial charge < -0.3 is 10.6 Å². The summed E-state index contributed by atoms with van der Waals surface area (Å²) in [6.45, 7) is 0.358. The Kier molecular flexibility index (Phi) is 4.36. The molecule has 0 aliphatic carbocycles. The lowest BCUT2D eigenvalue weighted by molar-refractivity contribution is -0.113. The fourth-order valence-corrected chi connectivity index (χ4v) is 3.13. The van der Waals surface area contributed by atoms with Gasteiger partial charge >= 0.3 is 0 Å². The van der Waals surface area contributed by atoms with Crippen molar-refractivity contribution >= 4 is 40.9 Å². The molecule has 2 aromatic rings. The zero-order valence-electron chi connectivity index (χ0n) is 11.6. The summed E-state index contributed by atoms with van der Waals surface area (Å²) in [7, 11) is 0. The highest BCUT2D eigenvalue weighted by Crippen LogP contribution is 2.31. The van der Waals surface area contributed by atoms with E-state index in [-0.39, 0.29) is 11.8 Å². The standard InChI is InChI=1S/C16H13ClN2O2S/c17-12-4-2-1-3-11(12)8-18-16(21)10-5-6-14-13(7-10)19-15(20)9-22-14/h1-7H,8-9H2,(H,18,21)(H,19,20). The van der Waals surface area contributed by atoms with Gasteiger partial charge in [-0.2, -0.15) is 0 Å². The molecule has 0 saturated carbocycles. The second-order valence-corrected chi connectivity index (χ2v) is 6.25. The van der Waals surface area contributed by atoms with Crippen molar-refractivity contribution in [2.45, 2.75) is 11.4 Å². The predicted octanol–water partition coefficient (Wildman–Crippen LogP) is 3.31. The van der Waals surface area contributed by atoms with Gasteiger partial charge in [0, 0.05) is 22.0 Å². The summed E-state index contributed by atoms with van der Waals surface area (Å²) in [6.07, 6.45) is 0. The number of rotatable bonds is 3. The Hall–Kier alpha value is -1.98. The molecule has 2 amide bonds. The van der Waals surface area contributed by atoms with Gasteiger partial charge in [0.2, 0.25) is 5.91 Å². The minimum Gasteiger partial charge on any atom is -0.348 e. The van der Waals surface area contributed by atoms with E-state index in [1.54, 1.807) is 18.2 Å². The Bertz CT molecular complexity index is 749. The van der Waals surface area contributed by atoms with Crippen molar-refractivity contribution in [3.05, 3.63) is 58.6 Å². The highest BCUT2D eigenvalue weighted by atomic mass is 35.5. The van der Waals surface area contributed by atoms with Gasteiger partial charge in [-0.25, -0.2) is 0 Å². The SMILES string of the molecule is O=C1CSc2ccc(C(=O)NCc3ccccc3Cl)cc2N1. The van der Waals surface area contributed by atoms with Crippen LogP contribution in [0.15, 0.2) is 47.4 Å². The van der Waals surface area contributed by atoms with Crippen LogP contribution in [-0.2, 0) is 11.3 Å². The van der Waals surface area contributed by atoms with Crippen LogP contribution in [-0.4, -0.2) is 17.6 Å². The zero-order valence-corrected chi connectivity index (χ0v) is 13.1. The molecule has 22 heavy (non-hydrogen) atoms. The molecule has 0 aromatic heterocycles. The van der Waals surface area contributed by atoms with E-state index in [9.17, 15) is 9.59 Å². The maximum Gasteiger partial charge on any atom is 0.251 e. The van der Waals surface area contributed by atoms with Crippen molar-refractivity contribution in [3.8, 4) is 0 Å². The molecule has 0 spiro atoms. The minimum absolute atomic E-state index is 0.0499. The molecule has 4 nitrogen and oxygen atoms in total. The normalized spacial score (nSPS) is 13.2. The van der Waals surface area contributed by atoms with Crippen molar-refractivity contribution in [1.82, 2.24) is 5.32 Å². The molecule has 1 heterocycles. The van der Waals surface area contributed by atoms with Gasteiger partial charge in [-0.15, -0.1) is 11.8 Å². The summed E-state index contributed by atoms with van der Waals surface area (Å²) >= 11 is 7.53. The molecular formula is C16H13ClN2O2S. The highest BCUT2D eigenvalue weighted by Gasteiger charge is 2.17. The summed E-state index contributed by atoms with van der Waals surface area (Å²) in [5.74, 6) is 0.157. The molecule has 112 valence electrons. The van der Waals surface area contributed by atoms with Gasteiger partial charge in [0.05, 0.1) is 11.4 Å². The number of nitrogens with one attached hydrogen (secondary N) is 2. The largest absolute Gasteiger partial charge is 0.348 e. The highest BCUT2D eigenvalue weighted by molar-refractivity contribution is 8.00. The van der Waals surface area contributed by atoms with E-state index in [2.05, 4.69) is 10.6 Å². The van der Waals surface area contributed by atoms with Gasteiger partial charge in [-0.05, 0) is 29.8 Å². The number of hydrogen-bond acceptors (Lipinski definition) is 3. The lowest BCUT2D eigenvalue weighted by atomic mass is 10.1. The fourth-order valence-electron chi connectivity index (χ4n) is 2.14. The Morgan fingerprint density at radius 1 is 1.27 bits per heavy atom. The van der Waals surface area contributed by atoms with Crippen LogP contribution in [0.4, 0.5) is 5.69 Å². The topological polar surface area (TPSA) is 58.2 Å². The maximum atomic E-state index is 12.2. The Balaban J connectivity index is 1.72. The number of carbonyl (C=O) groups is 2. The van der Waals surface area contributed by atoms with Crippen molar-refractivity contribution < 1.29 is 9.59 Å². The first-order chi connectivity index (χ1) is 10.6. The lowest BCUT2D eigenvalue weighted by Crippen LogP contribution is -2.24. The molecule has 0 radical (unpaired) electrons. The average molecular weight is 333 g/mol. The van der Waals surface area contributed by atoms with Crippen LogP contribution in [0.1, 0.15) is 15.9 Å². The molecule has 0 fully saturated rings. The number of halogens is 1. The Labute approximate surface area is 137 Å². The van der Waals surface area contributed by atoms with E-state index in [0.29, 0.717) is 28.6 Å². The molecule has 3 rings (SSSR count). The molecule has 6 heteroatoms. The van der Waals surface area contributed by atoms with Crippen LogP contribution >= 0.6 is 23.4 Å². The minimum atomic E-state index is -0.201. The summed E-state index contributed by atoms with van der Waals surface area (Å²) < 4.78 is 0. The lowest BCUT2D eigenvalue weighted by Gasteiger charge is -2.17. The first-order valence-corrected chi connectivity index (χ1v) is 8.08. The van der Waals surface area contributed by atoms with Crippen LogP contribution in [0.3, 0.4) is 0 Å². The second-order valence-electron chi connectivity index (χ2n) is 4.82. The van der Waals surface area contributed by atoms with Gasteiger partial charge in [-0.3, -0.25) is 9.59 Å². The number of amides is 2. The smallest absolute Gasteiger partial charge is 0.251 e. The van der Waals surface area contributed by atoms with Gasteiger partial charge in [0.15, 0.2) is 0 Å². The van der Waals surface area contributed by atoms with E-state index in [1.165, 1.54) is 11.8 Å². The quantitative estimate of drug-likeness (QED) is 0.906. The first-order valence-electron chi connectivity index (χ1n) is 6.72. The number of benzene rings is 2. The number of hydrogen-bond donors (Lipinski definition) is 2. The maximum absolute atomic E-state index is 12.2. The summed E-state index contributed by atoms with van der Waals surface area (Å²) in [6, 6.07) is 12.7. The van der Waals surface area contributed by atoms with Crippen LogP contribution in [0.25, 0.3) is 0 Å². The number of carbonyl (C=O) groups excluding carboxylic acids is 2. The number of thioether (sulfide) groups is 1. The molecule has 2 N–H and O–H groups in total.